The van der Waals surface area contributed by atoms with E-state index in [-0.39, 0.29) is 5.82 Å². The minimum absolute atomic E-state index is 0.145. The molecule has 0 saturated carbocycles. The monoisotopic (exact) mass is 248 g/mol. The molecule has 0 aliphatic heterocycles. The van der Waals surface area contributed by atoms with Gasteiger partial charge in [-0.25, -0.2) is 9.37 Å². The van der Waals surface area contributed by atoms with Crippen LogP contribution in [-0.2, 0) is 6.54 Å². The predicted octanol–water partition coefficient (Wildman–Crippen LogP) is 1.45. The van der Waals surface area contributed by atoms with Gasteiger partial charge in [0.1, 0.15) is 0 Å². The molecule has 0 fully saturated rings. The van der Waals surface area contributed by atoms with E-state index >= 15 is 0 Å². The number of aromatic nitrogens is 4. The Morgan fingerprint density at radius 2 is 2.22 bits per heavy atom. The fourth-order valence-electron chi connectivity index (χ4n) is 1.34. The van der Waals surface area contributed by atoms with Crippen molar-refractivity contribution in [3.63, 3.8) is 0 Å². The lowest BCUT2D eigenvalue weighted by atomic mass is 10.4. The maximum Gasteiger partial charge on any atom is 0.224 e. The molecule has 0 radical (unpaired) electrons. The standard InChI is InChI=1S/C11H13FN6/c1-2-13-11-15-7-9(12)10(17-11)14-6-8-4-3-5-16-18-8/h3-5,7H,2,6H2,1H3,(H2,13,14,15,17). The Bertz CT molecular complexity index is 504. The van der Waals surface area contributed by atoms with Crippen LogP contribution in [0.25, 0.3) is 0 Å². The van der Waals surface area contributed by atoms with E-state index < -0.39 is 5.82 Å². The quantitative estimate of drug-likeness (QED) is 0.834. The van der Waals surface area contributed by atoms with Gasteiger partial charge in [-0.3, -0.25) is 0 Å². The molecule has 94 valence electrons. The largest absolute Gasteiger partial charge is 0.362 e. The number of rotatable bonds is 5. The van der Waals surface area contributed by atoms with E-state index in [2.05, 4.69) is 30.8 Å². The lowest BCUT2D eigenvalue weighted by Gasteiger charge is -2.07. The zero-order valence-corrected chi connectivity index (χ0v) is 9.89. The van der Waals surface area contributed by atoms with Crippen molar-refractivity contribution in [2.75, 3.05) is 17.2 Å². The van der Waals surface area contributed by atoms with E-state index in [1.54, 1.807) is 18.3 Å². The van der Waals surface area contributed by atoms with Crippen molar-refractivity contribution >= 4 is 11.8 Å². The van der Waals surface area contributed by atoms with Crippen molar-refractivity contribution in [3.05, 3.63) is 36.0 Å². The van der Waals surface area contributed by atoms with Crippen molar-refractivity contribution in [2.45, 2.75) is 13.5 Å². The van der Waals surface area contributed by atoms with Crippen LogP contribution in [0.5, 0.6) is 0 Å². The summed E-state index contributed by atoms with van der Waals surface area (Å²) < 4.78 is 13.5. The second-order valence-corrected chi connectivity index (χ2v) is 3.49. The van der Waals surface area contributed by atoms with Crippen LogP contribution >= 0.6 is 0 Å². The average molecular weight is 248 g/mol. The average Bonchev–Trinajstić information content (AvgIpc) is 2.41. The van der Waals surface area contributed by atoms with Gasteiger partial charge in [-0.1, -0.05) is 0 Å². The third-order valence-electron chi connectivity index (χ3n) is 2.14. The van der Waals surface area contributed by atoms with Crippen molar-refractivity contribution in [1.29, 1.82) is 0 Å². The maximum atomic E-state index is 13.5. The molecule has 0 bridgehead atoms. The SMILES string of the molecule is CCNc1ncc(F)c(NCc2cccnn2)n1. The summed E-state index contributed by atoms with van der Waals surface area (Å²) in [4.78, 5) is 7.84. The van der Waals surface area contributed by atoms with Gasteiger partial charge in [-0.2, -0.15) is 15.2 Å². The zero-order chi connectivity index (χ0) is 12.8. The molecule has 2 aromatic rings. The minimum atomic E-state index is -0.499. The van der Waals surface area contributed by atoms with Crippen LogP contribution in [0.2, 0.25) is 0 Å². The van der Waals surface area contributed by atoms with Gasteiger partial charge in [-0.15, -0.1) is 0 Å². The van der Waals surface area contributed by atoms with Crippen molar-refractivity contribution in [3.8, 4) is 0 Å². The maximum absolute atomic E-state index is 13.5. The van der Waals surface area contributed by atoms with E-state index in [9.17, 15) is 4.39 Å². The fourth-order valence-corrected chi connectivity index (χ4v) is 1.34. The van der Waals surface area contributed by atoms with Crippen LogP contribution in [0.1, 0.15) is 12.6 Å². The summed E-state index contributed by atoms with van der Waals surface area (Å²) in [6.45, 7) is 2.95. The summed E-state index contributed by atoms with van der Waals surface area (Å²) in [6.07, 6.45) is 2.71. The summed E-state index contributed by atoms with van der Waals surface area (Å²) in [5, 5.41) is 13.4. The highest BCUT2D eigenvalue weighted by Gasteiger charge is 2.06. The molecule has 2 heterocycles. The van der Waals surface area contributed by atoms with Gasteiger partial charge >= 0.3 is 0 Å². The van der Waals surface area contributed by atoms with Crippen LogP contribution in [0, 0.1) is 5.82 Å². The molecule has 2 rings (SSSR count). The van der Waals surface area contributed by atoms with Crippen LogP contribution in [0.3, 0.4) is 0 Å². The molecule has 0 atom stereocenters. The van der Waals surface area contributed by atoms with Gasteiger partial charge in [0.05, 0.1) is 18.4 Å². The van der Waals surface area contributed by atoms with Crippen LogP contribution < -0.4 is 10.6 Å². The Labute approximate surface area is 104 Å². The number of nitrogens with zero attached hydrogens (tertiary/aromatic N) is 4. The fraction of sp³-hybridized carbons (Fsp3) is 0.273. The molecule has 0 unspecified atom stereocenters. The Morgan fingerprint density at radius 1 is 1.33 bits per heavy atom. The Balaban J connectivity index is 2.06. The first-order valence-electron chi connectivity index (χ1n) is 5.56. The predicted molar refractivity (Wildman–Crippen MR) is 65.5 cm³/mol. The third-order valence-corrected chi connectivity index (χ3v) is 2.14. The lowest BCUT2D eigenvalue weighted by molar-refractivity contribution is 0.617. The van der Waals surface area contributed by atoms with Gasteiger partial charge in [-0.05, 0) is 19.1 Å². The molecule has 2 aromatic heterocycles. The van der Waals surface area contributed by atoms with Gasteiger partial charge in [0, 0.05) is 12.7 Å². The van der Waals surface area contributed by atoms with Gasteiger partial charge in [0.15, 0.2) is 11.6 Å². The lowest BCUT2D eigenvalue weighted by Crippen LogP contribution is -2.09. The molecule has 0 aromatic carbocycles. The number of halogens is 1. The van der Waals surface area contributed by atoms with Gasteiger partial charge in [0.2, 0.25) is 5.95 Å². The Kier molecular flexibility index (Phi) is 3.95. The molecular formula is C11H13FN6. The van der Waals surface area contributed by atoms with Crippen LogP contribution in [0.15, 0.2) is 24.5 Å². The summed E-state index contributed by atoms with van der Waals surface area (Å²) in [7, 11) is 0. The van der Waals surface area contributed by atoms with E-state index in [1.165, 1.54) is 0 Å². The first-order valence-corrected chi connectivity index (χ1v) is 5.56. The minimum Gasteiger partial charge on any atom is -0.362 e. The third kappa shape index (κ3) is 3.09. The smallest absolute Gasteiger partial charge is 0.224 e. The normalized spacial score (nSPS) is 10.1. The Hall–Kier alpha value is -2.31. The van der Waals surface area contributed by atoms with Crippen molar-refractivity contribution in [1.82, 2.24) is 20.2 Å². The second kappa shape index (κ2) is 5.85. The van der Waals surface area contributed by atoms with Crippen molar-refractivity contribution in [2.24, 2.45) is 0 Å². The number of anilines is 2. The molecule has 0 amide bonds. The molecule has 0 saturated heterocycles. The first kappa shape index (κ1) is 12.2. The second-order valence-electron chi connectivity index (χ2n) is 3.49. The van der Waals surface area contributed by atoms with Crippen molar-refractivity contribution < 1.29 is 4.39 Å². The van der Waals surface area contributed by atoms with E-state index in [0.29, 0.717) is 24.7 Å². The highest BCUT2D eigenvalue weighted by molar-refractivity contribution is 5.41. The zero-order valence-electron chi connectivity index (χ0n) is 9.89. The van der Waals surface area contributed by atoms with Crippen LogP contribution in [0.4, 0.5) is 16.2 Å². The number of hydrogen-bond acceptors (Lipinski definition) is 6. The first-order chi connectivity index (χ1) is 8.79. The molecule has 0 spiro atoms. The summed E-state index contributed by atoms with van der Waals surface area (Å²) in [5.74, 6) is 0.0349. The van der Waals surface area contributed by atoms with E-state index in [0.717, 1.165) is 6.20 Å². The Morgan fingerprint density at radius 3 is 2.94 bits per heavy atom. The highest BCUT2D eigenvalue weighted by Crippen LogP contribution is 2.12. The topological polar surface area (TPSA) is 75.6 Å². The van der Waals surface area contributed by atoms with E-state index in [1.807, 2.05) is 6.92 Å². The number of nitrogens with one attached hydrogen (secondary N) is 2. The number of hydrogen-bond donors (Lipinski definition) is 2. The molecule has 18 heavy (non-hydrogen) atoms. The summed E-state index contributed by atoms with van der Waals surface area (Å²) in [6, 6.07) is 3.56. The van der Waals surface area contributed by atoms with Gasteiger partial charge < -0.3 is 10.6 Å². The molecule has 0 aliphatic rings. The summed E-state index contributed by atoms with van der Waals surface area (Å²) >= 11 is 0. The molecule has 7 heteroatoms. The summed E-state index contributed by atoms with van der Waals surface area (Å²) in [5.41, 5.74) is 0.709. The van der Waals surface area contributed by atoms with E-state index in [4.69, 9.17) is 0 Å². The highest BCUT2D eigenvalue weighted by atomic mass is 19.1. The molecular weight excluding hydrogens is 235 g/mol. The molecule has 0 aliphatic carbocycles. The molecule has 6 nitrogen and oxygen atoms in total. The van der Waals surface area contributed by atoms with Crippen LogP contribution in [-0.4, -0.2) is 26.7 Å². The molecule has 2 N–H and O–H groups in total. The van der Waals surface area contributed by atoms with Gasteiger partial charge in [0.25, 0.3) is 0 Å².